The van der Waals surface area contributed by atoms with Crippen molar-refractivity contribution in [2.24, 2.45) is 0 Å². The first-order chi connectivity index (χ1) is 12.6. The molecular weight excluding hydrogens is 332 g/mol. The number of nitrogens with zero attached hydrogens (tertiary/aromatic N) is 2. The van der Waals surface area contributed by atoms with Gasteiger partial charge in [-0.3, -0.25) is 9.78 Å². The number of rotatable bonds is 5. The Bertz CT molecular complexity index is 749. The smallest absolute Gasteiger partial charge is 0.321 e. The molecule has 1 fully saturated rings. The van der Waals surface area contributed by atoms with E-state index in [1.54, 1.807) is 23.2 Å². The second kappa shape index (κ2) is 8.33. The normalized spacial score (nSPS) is 16.2. The van der Waals surface area contributed by atoms with Gasteiger partial charge in [0, 0.05) is 37.9 Å². The molecule has 7 heteroatoms. The molecule has 1 atom stereocenters. The van der Waals surface area contributed by atoms with Crippen molar-refractivity contribution in [3.63, 3.8) is 0 Å². The van der Waals surface area contributed by atoms with Crippen LogP contribution in [0.15, 0.2) is 48.7 Å². The summed E-state index contributed by atoms with van der Waals surface area (Å²) in [7, 11) is 0. The van der Waals surface area contributed by atoms with Gasteiger partial charge in [-0.15, -0.1) is 0 Å². The Morgan fingerprint density at radius 3 is 2.73 bits per heavy atom. The standard InChI is InChI=1S/C19H22N4O3/c1-14(24)21-16-9-11-23(12-16)19(25)22-15-5-7-18(8-6-15)26-13-17-4-2-3-10-20-17/h2-8,10,16H,9,11-13H2,1H3,(H,21,24)(H,22,25). The molecule has 0 radical (unpaired) electrons. The molecule has 0 saturated carbocycles. The maximum Gasteiger partial charge on any atom is 0.321 e. The maximum absolute atomic E-state index is 12.3. The number of pyridine rings is 1. The van der Waals surface area contributed by atoms with Crippen molar-refractivity contribution in [2.75, 3.05) is 18.4 Å². The minimum absolute atomic E-state index is 0.0284. The van der Waals surface area contributed by atoms with Crippen LogP contribution < -0.4 is 15.4 Å². The minimum Gasteiger partial charge on any atom is -0.487 e. The highest BCUT2D eigenvalue weighted by Crippen LogP contribution is 2.18. The molecule has 1 aliphatic rings. The summed E-state index contributed by atoms with van der Waals surface area (Å²) in [6.07, 6.45) is 2.50. The van der Waals surface area contributed by atoms with Crippen LogP contribution in [0.25, 0.3) is 0 Å². The summed E-state index contributed by atoms with van der Waals surface area (Å²) in [5.41, 5.74) is 1.55. The lowest BCUT2D eigenvalue weighted by atomic mass is 10.3. The number of ether oxygens (including phenoxy) is 1. The number of anilines is 1. The number of benzene rings is 1. The molecule has 3 rings (SSSR count). The zero-order valence-corrected chi connectivity index (χ0v) is 14.6. The predicted octanol–water partition coefficient (Wildman–Crippen LogP) is 2.40. The van der Waals surface area contributed by atoms with Crippen molar-refractivity contribution in [1.29, 1.82) is 0 Å². The van der Waals surface area contributed by atoms with Crippen LogP contribution in [0.2, 0.25) is 0 Å². The van der Waals surface area contributed by atoms with E-state index < -0.39 is 0 Å². The number of amides is 3. The third-order valence-corrected chi connectivity index (χ3v) is 4.10. The minimum atomic E-state index is -0.167. The summed E-state index contributed by atoms with van der Waals surface area (Å²) >= 11 is 0. The molecule has 2 heterocycles. The molecule has 136 valence electrons. The van der Waals surface area contributed by atoms with E-state index in [0.29, 0.717) is 31.1 Å². The van der Waals surface area contributed by atoms with Gasteiger partial charge in [0.05, 0.1) is 5.69 Å². The first-order valence-electron chi connectivity index (χ1n) is 8.56. The van der Waals surface area contributed by atoms with E-state index in [2.05, 4.69) is 15.6 Å². The quantitative estimate of drug-likeness (QED) is 0.864. The van der Waals surface area contributed by atoms with Gasteiger partial charge in [-0.25, -0.2) is 4.79 Å². The lowest BCUT2D eigenvalue weighted by Crippen LogP contribution is -2.38. The van der Waals surface area contributed by atoms with Crippen molar-refractivity contribution >= 4 is 17.6 Å². The van der Waals surface area contributed by atoms with Crippen LogP contribution in [0.1, 0.15) is 19.0 Å². The van der Waals surface area contributed by atoms with Gasteiger partial charge in [0.25, 0.3) is 0 Å². The first kappa shape index (κ1) is 17.7. The summed E-state index contributed by atoms with van der Waals surface area (Å²) in [5, 5.41) is 5.71. The molecule has 3 amide bonds. The van der Waals surface area contributed by atoms with Crippen LogP contribution in [0.3, 0.4) is 0 Å². The van der Waals surface area contributed by atoms with Crippen LogP contribution in [-0.2, 0) is 11.4 Å². The molecule has 0 bridgehead atoms. The zero-order chi connectivity index (χ0) is 18.4. The Morgan fingerprint density at radius 2 is 2.04 bits per heavy atom. The topological polar surface area (TPSA) is 83.6 Å². The highest BCUT2D eigenvalue weighted by Gasteiger charge is 2.26. The monoisotopic (exact) mass is 354 g/mol. The van der Waals surface area contributed by atoms with Gasteiger partial charge in [0.2, 0.25) is 5.91 Å². The maximum atomic E-state index is 12.3. The summed E-state index contributed by atoms with van der Waals surface area (Å²) < 4.78 is 5.68. The highest BCUT2D eigenvalue weighted by atomic mass is 16.5. The SMILES string of the molecule is CC(=O)NC1CCN(C(=O)Nc2ccc(OCc3ccccn3)cc2)C1. The van der Waals surface area contributed by atoms with Crippen molar-refractivity contribution < 1.29 is 14.3 Å². The molecule has 26 heavy (non-hydrogen) atoms. The van der Waals surface area contributed by atoms with Gasteiger partial charge < -0.3 is 20.3 Å². The number of hydrogen-bond donors (Lipinski definition) is 2. The molecule has 0 aliphatic carbocycles. The molecule has 1 aromatic heterocycles. The second-order valence-electron chi connectivity index (χ2n) is 6.20. The van der Waals surface area contributed by atoms with Crippen molar-refractivity contribution in [1.82, 2.24) is 15.2 Å². The van der Waals surface area contributed by atoms with E-state index in [9.17, 15) is 9.59 Å². The molecule has 1 saturated heterocycles. The number of urea groups is 1. The fourth-order valence-corrected chi connectivity index (χ4v) is 2.83. The van der Waals surface area contributed by atoms with Crippen LogP contribution >= 0.6 is 0 Å². The number of nitrogens with one attached hydrogen (secondary N) is 2. The van der Waals surface area contributed by atoms with E-state index in [-0.39, 0.29) is 18.0 Å². The van der Waals surface area contributed by atoms with Gasteiger partial charge in [-0.2, -0.15) is 0 Å². The fourth-order valence-electron chi connectivity index (χ4n) is 2.83. The lowest BCUT2D eigenvalue weighted by Gasteiger charge is -2.17. The predicted molar refractivity (Wildman–Crippen MR) is 97.8 cm³/mol. The van der Waals surface area contributed by atoms with Gasteiger partial charge in [-0.1, -0.05) is 6.07 Å². The molecule has 1 unspecified atom stereocenters. The second-order valence-corrected chi connectivity index (χ2v) is 6.20. The Kier molecular flexibility index (Phi) is 5.68. The van der Waals surface area contributed by atoms with E-state index >= 15 is 0 Å². The zero-order valence-electron chi connectivity index (χ0n) is 14.6. The van der Waals surface area contributed by atoms with E-state index in [1.165, 1.54) is 6.92 Å². The average molecular weight is 354 g/mol. The van der Waals surface area contributed by atoms with E-state index in [0.717, 1.165) is 12.1 Å². The number of carbonyl (C=O) groups excluding carboxylic acids is 2. The Morgan fingerprint density at radius 1 is 1.23 bits per heavy atom. The molecule has 0 spiro atoms. The van der Waals surface area contributed by atoms with Crippen LogP contribution in [0, 0.1) is 0 Å². The van der Waals surface area contributed by atoms with Gasteiger partial charge >= 0.3 is 6.03 Å². The third kappa shape index (κ3) is 4.95. The Balaban J connectivity index is 1.48. The van der Waals surface area contributed by atoms with Crippen molar-refractivity contribution in [3.05, 3.63) is 54.4 Å². The highest BCUT2D eigenvalue weighted by molar-refractivity contribution is 5.89. The molecule has 1 aromatic carbocycles. The van der Waals surface area contributed by atoms with Gasteiger partial charge in [-0.05, 0) is 42.8 Å². The molecular formula is C19H22N4O3. The summed E-state index contributed by atoms with van der Waals surface area (Å²) in [6, 6.07) is 12.8. The molecule has 2 aromatic rings. The van der Waals surface area contributed by atoms with E-state index in [4.69, 9.17) is 4.74 Å². The Labute approximate surface area is 152 Å². The largest absolute Gasteiger partial charge is 0.487 e. The van der Waals surface area contributed by atoms with Crippen LogP contribution in [0.4, 0.5) is 10.5 Å². The number of hydrogen-bond acceptors (Lipinski definition) is 4. The van der Waals surface area contributed by atoms with E-state index in [1.807, 2.05) is 30.3 Å². The van der Waals surface area contributed by atoms with Crippen LogP contribution in [-0.4, -0.2) is 41.0 Å². The molecule has 2 N–H and O–H groups in total. The number of aromatic nitrogens is 1. The lowest BCUT2D eigenvalue weighted by molar-refractivity contribution is -0.119. The Hall–Kier alpha value is -3.09. The number of likely N-dealkylation sites (tertiary alicyclic amines) is 1. The summed E-state index contributed by atoms with van der Waals surface area (Å²) in [4.78, 5) is 29.3. The summed E-state index contributed by atoms with van der Waals surface area (Å²) in [5.74, 6) is 0.638. The van der Waals surface area contributed by atoms with Crippen molar-refractivity contribution in [2.45, 2.75) is 26.0 Å². The average Bonchev–Trinajstić information content (AvgIpc) is 3.10. The fraction of sp³-hybridized carbons (Fsp3) is 0.316. The third-order valence-electron chi connectivity index (χ3n) is 4.10. The first-order valence-corrected chi connectivity index (χ1v) is 8.56. The van der Waals surface area contributed by atoms with Gasteiger partial charge in [0.15, 0.2) is 0 Å². The van der Waals surface area contributed by atoms with Crippen LogP contribution in [0.5, 0.6) is 5.75 Å². The summed E-state index contributed by atoms with van der Waals surface area (Å²) in [6.45, 7) is 3.03. The molecule has 7 nitrogen and oxygen atoms in total. The van der Waals surface area contributed by atoms with Gasteiger partial charge in [0.1, 0.15) is 12.4 Å². The number of carbonyl (C=O) groups is 2. The molecule has 1 aliphatic heterocycles. The van der Waals surface area contributed by atoms with Crippen molar-refractivity contribution in [3.8, 4) is 5.75 Å².